The number of carbonyl (C=O) groups excluding carboxylic acids is 2. The van der Waals surface area contributed by atoms with Crippen molar-refractivity contribution in [1.29, 1.82) is 0 Å². The number of rotatable bonds is 4. The topological polar surface area (TPSA) is 65.1 Å². The van der Waals surface area contributed by atoms with E-state index in [9.17, 15) is 9.59 Å². The molecule has 3 aliphatic rings. The first-order chi connectivity index (χ1) is 15.4. The number of carbonyl (C=O) groups is 2. The summed E-state index contributed by atoms with van der Waals surface area (Å²) in [6.07, 6.45) is 5.20. The lowest BCUT2D eigenvalue weighted by Crippen LogP contribution is -2.43. The van der Waals surface area contributed by atoms with Gasteiger partial charge >= 0.3 is 5.97 Å². The average molecular weight is 434 g/mol. The van der Waals surface area contributed by atoms with E-state index in [1.165, 1.54) is 18.1 Å². The van der Waals surface area contributed by atoms with Gasteiger partial charge in [0, 0.05) is 24.1 Å². The fourth-order valence-corrected chi connectivity index (χ4v) is 5.20. The first-order valence-electron chi connectivity index (χ1n) is 11.0. The molecule has 166 valence electrons. The van der Waals surface area contributed by atoms with E-state index in [2.05, 4.69) is 24.1 Å². The molecule has 0 saturated carbocycles. The van der Waals surface area contributed by atoms with E-state index in [-0.39, 0.29) is 23.4 Å². The number of hydrogen-bond donors (Lipinski definition) is 0. The molecule has 1 unspecified atom stereocenters. The number of hydrogen-bond acceptors (Lipinski definition) is 6. The van der Waals surface area contributed by atoms with Gasteiger partial charge in [0.15, 0.2) is 17.3 Å². The zero-order chi connectivity index (χ0) is 22.5. The molecule has 6 nitrogen and oxygen atoms in total. The highest BCUT2D eigenvalue weighted by atomic mass is 16.6. The van der Waals surface area contributed by atoms with Crippen LogP contribution in [0.5, 0.6) is 11.5 Å². The number of ketones is 1. The summed E-state index contributed by atoms with van der Waals surface area (Å²) in [5.74, 6) is 1.13. The number of methoxy groups -OCH3 is 1. The molecule has 1 spiro atoms. The predicted octanol–water partition coefficient (Wildman–Crippen LogP) is 3.92. The molecule has 0 radical (unpaired) electrons. The largest absolute Gasteiger partial charge is 0.493 e. The molecule has 2 heterocycles. The van der Waals surface area contributed by atoms with Crippen molar-refractivity contribution in [2.24, 2.45) is 0 Å². The van der Waals surface area contributed by atoms with Crippen LogP contribution in [0.15, 0.2) is 48.6 Å². The zero-order valence-electron chi connectivity index (χ0n) is 18.6. The van der Waals surface area contributed by atoms with Gasteiger partial charge in [-0.05, 0) is 56.8 Å². The molecule has 0 amide bonds. The third-order valence-corrected chi connectivity index (χ3v) is 6.92. The smallest absolute Gasteiger partial charge is 0.338 e. The highest BCUT2D eigenvalue weighted by Crippen LogP contribution is 2.55. The Balaban J connectivity index is 1.41. The molecule has 2 aromatic carbocycles. The Bertz CT molecular complexity index is 1110. The van der Waals surface area contributed by atoms with Gasteiger partial charge in [-0.1, -0.05) is 24.3 Å². The van der Waals surface area contributed by atoms with Gasteiger partial charge in [-0.25, -0.2) is 4.79 Å². The molecular formula is C26H27NO5. The first kappa shape index (κ1) is 20.8. The minimum atomic E-state index is -0.403. The average Bonchev–Trinajstić information content (AvgIpc) is 3.05. The van der Waals surface area contributed by atoms with Crippen molar-refractivity contribution in [3.63, 3.8) is 0 Å². The Labute approximate surface area is 187 Å². The van der Waals surface area contributed by atoms with E-state index >= 15 is 0 Å². The van der Waals surface area contributed by atoms with E-state index in [0.717, 1.165) is 31.0 Å². The first-order valence-corrected chi connectivity index (χ1v) is 11.0. The van der Waals surface area contributed by atoms with E-state index in [1.807, 2.05) is 12.1 Å². The molecule has 0 saturated heterocycles. The van der Waals surface area contributed by atoms with Crippen molar-refractivity contribution >= 4 is 11.8 Å². The number of ether oxygens (including phenoxy) is 3. The number of nitrogens with zero attached hydrogens (tertiary/aromatic N) is 1. The van der Waals surface area contributed by atoms with Crippen LogP contribution in [-0.4, -0.2) is 49.6 Å². The van der Waals surface area contributed by atoms with E-state index in [1.54, 1.807) is 31.4 Å². The van der Waals surface area contributed by atoms with Gasteiger partial charge in [0.2, 0.25) is 0 Å². The standard InChI is InChI=1S/C26H27NO5/c1-16(28)17-4-6-18(7-5-17)25(29)31-20-10-11-26-12-13-27(2)15-19-8-9-21(30-3)24(23(19)26)32-22(26)14-20/h4-11,20,22H,12-15H2,1-3H3/t20?,22-,26-/m0/s1. The van der Waals surface area contributed by atoms with Gasteiger partial charge in [-0.3, -0.25) is 4.79 Å². The summed E-state index contributed by atoms with van der Waals surface area (Å²) in [6, 6.07) is 10.7. The highest BCUT2D eigenvalue weighted by molar-refractivity contribution is 5.96. The summed E-state index contributed by atoms with van der Waals surface area (Å²) < 4.78 is 17.9. The van der Waals surface area contributed by atoms with E-state index in [0.29, 0.717) is 17.5 Å². The Morgan fingerprint density at radius 3 is 2.59 bits per heavy atom. The normalized spacial score (nSPS) is 25.8. The molecule has 1 aliphatic carbocycles. The summed E-state index contributed by atoms with van der Waals surface area (Å²) in [5.41, 5.74) is 3.23. The quantitative estimate of drug-likeness (QED) is 0.414. The maximum absolute atomic E-state index is 12.7. The van der Waals surface area contributed by atoms with E-state index < -0.39 is 5.97 Å². The molecule has 6 heteroatoms. The third-order valence-electron chi connectivity index (χ3n) is 6.92. The second-order valence-electron chi connectivity index (χ2n) is 8.94. The van der Waals surface area contributed by atoms with Crippen LogP contribution in [-0.2, 0) is 16.7 Å². The van der Waals surface area contributed by atoms with Crippen molar-refractivity contribution in [2.75, 3.05) is 20.7 Å². The van der Waals surface area contributed by atoms with Gasteiger partial charge in [-0.15, -0.1) is 0 Å². The minimum Gasteiger partial charge on any atom is -0.493 e. The molecule has 32 heavy (non-hydrogen) atoms. The minimum absolute atomic E-state index is 0.0350. The molecule has 0 aromatic heterocycles. The van der Waals surface area contributed by atoms with Crippen LogP contribution in [0, 0.1) is 0 Å². The molecule has 0 N–H and O–H groups in total. The van der Waals surface area contributed by atoms with Crippen molar-refractivity contribution in [3.8, 4) is 11.5 Å². The molecule has 0 fully saturated rings. The second kappa shape index (κ2) is 7.78. The Morgan fingerprint density at radius 1 is 1.12 bits per heavy atom. The monoisotopic (exact) mass is 433 g/mol. The van der Waals surface area contributed by atoms with Crippen molar-refractivity contribution < 1.29 is 23.8 Å². The lowest BCUT2D eigenvalue weighted by atomic mass is 9.69. The summed E-state index contributed by atoms with van der Waals surface area (Å²) >= 11 is 0. The SMILES string of the molecule is COc1ccc2c3c1O[C@H]1CC(OC(=O)c4ccc(C(C)=O)cc4)C=C[C@@]31CCN(C)C2. The molecule has 3 atom stereocenters. The van der Waals surface area contributed by atoms with Crippen molar-refractivity contribution in [3.05, 3.63) is 70.8 Å². The molecule has 0 bridgehead atoms. The van der Waals surface area contributed by atoms with Gasteiger partial charge in [0.05, 0.1) is 18.1 Å². The molecule has 5 rings (SSSR count). The number of benzene rings is 2. The number of Topliss-reactive ketones (excluding diaryl/α,β-unsaturated/α-hetero) is 1. The van der Waals surface area contributed by atoms with E-state index in [4.69, 9.17) is 14.2 Å². The van der Waals surface area contributed by atoms with Crippen LogP contribution in [0.25, 0.3) is 0 Å². The zero-order valence-corrected chi connectivity index (χ0v) is 18.6. The summed E-state index contributed by atoms with van der Waals surface area (Å²) in [4.78, 5) is 26.5. The van der Waals surface area contributed by atoms with Crippen LogP contribution >= 0.6 is 0 Å². The Kier molecular flexibility index (Phi) is 5.05. The highest BCUT2D eigenvalue weighted by Gasteiger charge is 2.53. The van der Waals surface area contributed by atoms with Gasteiger partial charge < -0.3 is 19.1 Å². The fourth-order valence-electron chi connectivity index (χ4n) is 5.20. The van der Waals surface area contributed by atoms with Gasteiger partial charge in [0.25, 0.3) is 0 Å². The summed E-state index contributed by atoms with van der Waals surface area (Å²) in [6.45, 7) is 3.32. The molecule has 2 aromatic rings. The van der Waals surface area contributed by atoms with Crippen LogP contribution in [0.4, 0.5) is 0 Å². The summed E-state index contributed by atoms with van der Waals surface area (Å²) in [7, 11) is 3.80. The van der Waals surface area contributed by atoms with Crippen LogP contribution in [0.2, 0.25) is 0 Å². The number of esters is 1. The maximum Gasteiger partial charge on any atom is 0.338 e. The lowest BCUT2D eigenvalue weighted by Gasteiger charge is -2.36. The lowest BCUT2D eigenvalue weighted by molar-refractivity contribution is 0.0217. The Morgan fingerprint density at radius 2 is 1.88 bits per heavy atom. The maximum atomic E-state index is 12.7. The Hall–Kier alpha value is -3.12. The molecule has 2 aliphatic heterocycles. The van der Waals surface area contributed by atoms with Crippen LogP contribution < -0.4 is 9.47 Å². The van der Waals surface area contributed by atoms with Gasteiger partial charge in [0.1, 0.15) is 12.2 Å². The van der Waals surface area contributed by atoms with Crippen molar-refractivity contribution in [1.82, 2.24) is 4.90 Å². The second-order valence-corrected chi connectivity index (χ2v) is 8.94. The van der Waals surface area contributed by atoms with Gasteiger partial charge in [-0.2, -0.15) is 0 Å². The molecular weight excluding hydrogens is 406 g/mol. The fraction of sp³-hybridized carbons (Fsp3) is 0.385. The van der Waals surface area contributed by atoms with Crippen molar-refractivity contribution in [2.45, 2.75) is 43.9 Å². The third kappa shape index (κ3) is 3.30. The van der Waals surface area contributed by atoms with Crippen LogP contribution in [0.1, 0.15) is 51.6 Å². The predicted molar refractivity (Wildman–Crippen MR) is 119 cm³/mol. The van der Waals surface area contributed by atoms with Crippen LogP contribution in [0.3, 0.4) is 0 Å². The summed E-state index contributed by atoms with van der Waals surface area (Å²) in [5, 5.41) is 0.